The second-order valence-corrected chi connectivity index (χ2v) is 1.34. The molecule has 0 aromatic rings. The zero-order valence-corrected chi connectivity index (χ0v) is 13.5. The van der Waals surface area contributed by atoms with Crippen molar-refractivity contribution < 1.29 is 108 Å². The van der Waals surface area contributed by atoms with Gasteiger partial charge in [0, 0.05) is 0 Å². The fourth-order valence-electron chi connectivity index (χ4n) is 0. The number of hydrogen-bond acceptors (Lipinski definition) is 4. The minimum atomic E-state index is -5.39. The van der Waals surface area contributed by atoms with Crippen molar-refractivity contribution in [1.82, 2.24) is 0 Å². The van der Waals surface area contributed by atoms with Gasteiger partial charge in [0.05, 0.1) is 0 Å². The molecule has 0 aromatic heterocycles. The first-order valence-electron chi connectivity index (χ1n) is 0.730. The molecule has 0 bridgehead atoms. The van der Waals surface area contributed by atoms with Crippen molar-refractivity contribution in [2.75, 3.05) is 0 Å². The van der Waals surface area contributed by atoms with Gasteiger partial charge in [-0.1, -0.05) is 0 Å². The smallest absolute Gasteiger partial charge is 0.822 e. The predicted octanol–water partition coefficient (Wildman–Crippen LogP) is -11.7. The van der Waals surface area contributed by atoms with Crippen molar-refractivity contribution in [3.63, 3.8) is 0 Å². The van der Waals surface area contributed by atoms with Crippen LogP contribution in [-0.4, -0.2) is 0 Å². The molecule has 0 heterocycles. The van der Waals surface area contributed by atoms with Crippen molar-refractivity contribution >= 4 is 21.3 Å². The van der Waals surface area contributed by atoms with E-state index >= 15 is 0 Å². The monoisotopic (exact) mass is 198 g/mol. The van der Waals surface area contributed by atoms with Crippen molar-refractivity contribution in [2.45, 2.75) is 0 Å². The molecule has 0 aromatic carbocycles. The second-order valence-electron chi connectivity index (χ2n) is 0.447. The average molecular weight is 198 g/mol. The predicted molar refractivity (Wildman–Crippen MR) is 18.0 cm³/mol. The van der Waals surface area contributed by atoms with Gasteiger partial charge in [0.1, 0.15) is 0 Å². The summed E-state index contributed by atoms with van der Waals surface area (Å²) in [5, 5.41) is 0. The minimum absolute atomic E-state index is 0. The summed E-state index contributed by atoms with van der Waals surface area (Å²) in [6.45, 7) is 0. The zero-order chi connectivity index (χ0) is 4.50. The number of rotatable bonds is 0. The van der Waals surface area contributed by atoms with Crippen LogP contribution in [0, 0.1) is 0 Å². The molecule has 0 aliphatic rings. The maximum atomic E-state index is 8.55. The summed E-state index contributed by atoms with van der Waals surface area (Å²) in [6.07, 6.45) is 0. The Morgan fingerprint density at radius 2 is 0.889 bits per heavy atom. The Bertz CT molecular complexity index is 61.9. The van der Waals surface area contributed by atoms with Gasteiger partial charge >= 0.3 is 88.7 Å². The average Bonchev–Trinajstić information content (AvgIpc) is 0.722. The molecule has 0 aliphatic heterocycles. The Labute approximate surface area is 127 Å². The van der Waals surface area contributed by atoms with Gasteiger partial charge in [0.25, 0.3) is 0 Å². The Morgan fingerprint density at radius 1 is 0.889 bits per heavy atom. The Morgan fingerprint density at radius 3 is 0.889 bits per heavy atom. The molecule has 0 radical (unpaired) electrons. The minimum Gasteiger partial charge on any atom is -0.822 e. The SMILES string of the molecule is O=P([O-])([O-])[O-].S.[Na+].[Na+].[Na+]. The molecule has 0 unspecified atom stereocenters. The first kappa shape index (κ1) is 29.4. The standard InChI is InChI=1S/3Na.H3O4P.H2S/c;;;1-5(2,3)4;/h;;;(H3,1,2,3,4);1H2/q3*+1;;/p-3. The van der Waals surface area contributed by atoms with Gasteiger partial charge in [-0.15, -0.1) is 0 Å². The first-order valence-corrected chi connectivity index (χ1v) is 2.19. The van der Waals surface area contributed by atoms with Gasteiger partial charge < -0.3 is 19.2 Å². The van der Waals surface area contributed by atoms with E-state index in [1.165, 1.54) is 0 Å². The van der Waals surface area contributed by atoms with E-state index in [4.69, 9.17) is 19.2 Å². The van der Waals surface area contributed by atoms with E-state index in [9.17, 15) is 0 Å². The molecule has 0 fully saturated rings. The molecule has 0 rings (SSSR count). The Hall–Kier alpha value is 3.46. The second kappa shape index (κ2) is 14.0. The van der Waals surface area contributed by atoms with Crippen LogP contribution in [0.25, 0.3) is 0 Å². The van der Waals surface area contributed by atoms with E-state index in [2.05, 4.69) is 0 Å². The van der Waals surface area contributed by atoms with Gasteiger partial charge in [0.15, 0.2) is 0 Å². The van der Waals surface area contributed by atoms with Crippen molar-refractivity contribution in [3.05, 3.63) is 0 Å². The van der Waals surface area contributed by atoms with Crippen LogP contribution in [0.1, 0.15) is 0 Å². The summed E-state index contributed by atoms with van der Waals surface area (Å²) in [5.41, 5.74) is 0. The fraction of sp³-hybridized carbons (Fsp3) is 0. The summed E-state index contributed by atoms with van der Waals surface area (Å²) in [4.78, 5) is 25.6. The number of hydrogen-bond donors (Lipinski definition) is 0. The Balaban J connectivity index is -0.0000000133. The molecule has 0 saturated carbocycles. The van der Waals surface area contributed by atoms with E-state index in [0.717, 1.165) is 0 Å². The topological polar surface area (TPSA) is 86.2 Å². The van der Waals surface area contributed by atoms with Crippen LogP contribution in [0.3, 0.4) is 0 Å². The molecule has 0 atom stereocenters. The molecule has 0 N–H and O–H groups in total. The third-order valence-electron chi connectivity index (χ3n) is 0. The fourth-order valence-corrected chi connectivity index (χ4v) is 0. The third kappa shape index (κ3) is 85.7. The van der Waals surface area contributed by atoms with Gasteiger partial charge in [-0.25, -0.2) is 0 Å². The third-order valence-corrected chi connectivity index (χ3v) is 0. The summed E-state index contributed by atoms with van der Waals surface area (Å²) in [6, 6.07) is 0. The van der Waals surface area contributed by atoms with Crippen LogP contribution < -0.4 is 103 Å². The van der Waals surface area contributed by atoms with Gasteiger partial charge in [-0.3, -0.25) is 0 Å². The van der Waals surface area contributed by atoms with Crippen LogP contribution in [0.5, 0.6) is 0 Å². The normalized spacial score (nSPS) is 6.56. The molecule has 0 saturated heterocycles. The summed E-state index contributed by atoms with van der Waals surface area (Å²) in [5.74, 6) is 0. The molecule has 0 aliphatic carbocycles. The maximum Gasteiger partial charge on any atom is 1.00 e. The molecule has 9 heavy (non-hydrogen) atoms. The van der Waals surface area contributed by atoms with E-state index in [0.29, 0.717) is 0 Å². The van der Waals surface area contributed by atoms with Crippen LogP contribution in [-0.2, 0) is 4.57 Å². The van der Waals surface area contributed by atoms with E-state index in [-0.39, 0.29) is 102 Å². The molecule has 0 amide bonds. The number of phosphoric acid groups is 1. The molecule has 9 heteroatoms. The summed E-state index contributed by atoms with van der Waals surface area (Å²) < 4.78 is 8.55. The molecule has 0 spiro atoms. The largest absolute Gasteiger partial charge is 1.00 e. The molecule has 4 nitrogen and oxygen atoms in total. The van der Waals surface area contributed by atoms with Crippen LogP contribution in [0.4, 0.5) is 0 Å². The molecular weight excluding hydrogens is 196 g/mol. The van der Waals surface area contributed by atoms with Gasteiger partial charge in [-0.05, 0) is 0 Å². The van der Waals surface area contributed by atoms with Crippen molar-refractivity contribution in [3.8, 4) is 0 Å². The van der Waals surface area contributed by atoms with Crippen molar-refractivity contribution in [2.24, 2.45) is 0 Å². The van der Waals surface area contributed by atoms with E-state index in [1.54, 1.807) is 0 Å². The first-order chi connectivity index (χ1) is 2.00. The Kier molecular flexibility index (Phi) is 45.8. The quantitative estimate of drug-likeness (QED) is 0.285. The van der Waals surface area contributed by atoms with Crippen LogP contribution >= 0.6 is 21.3 Å². The summed E-state index contributed by atoms with van der Waals surface area (Å²) in [7, 11) is -5.39. The van der Waals surface area contributed by atoms with Crippen LogP contribution in [0.15, 0.2) is 0 Å². The molecular formula is H2Na3O4PS. The maximum absolute atomic E-state index is 8.55. The summed E-state index contributed by atoms with van der Waals surface area (Å²) >= 11 is 0. The molecule has 40 valence electrons. The van der Waals surface area contributed by atoms with Crippen LogP contribution in [0.2, 0.25) is 0 Å². The van der Waals surface area contributed by atoms with Crippen molar-refractivity contribution in [1.29, 1.82) is 0 Å². The van der Waals surface area contributed by atoms with Gasteiger partial charge in [0.2, 0.25) is 0 Å². The van der Waals surface area contributed by atoms with E-state index in [1.807, 2.05) is 0 Å². The zero-order valence-electron chi connectivity index (χ0n) is 5.58. The van der Waals surface area contributed by atoms with E-state index < -0.39 is 7.82 Å². The van der Waals surface area contributed by atoms with Gasteiger partial charge in [-0.2, -0.15) is 21.3 Å².